The maximum atomic E-state index is 2.23. The molecule has 0 aromatic heterocycles. The molecule has 0 unspecified atom stereocenters. The third-order valence-electron chi connectivity index (χ3n) is 1.13. The lowest BCUT2D eigenvalue weighted by Gasteiger charge is -2.15. The van der Waals surface area contributed by atoms with Gasteiger partial charge in [0.15, 0.2) is 0 Å². The monoisotopic (exact) mass is 198 g/mol. The molecule has 0 saturated carbocycles. The zero-order valence-corrected chi connectivity index (χ0v) is 9.34. The van der Waals surface area contributed by atoms with Crippen LogP contribution in [-0.4, -0.2) is 4.75 Å². The fourth-order valence-electron chi connectivity index (χ4n) is 0.649. The quantitative estimate of drug-likeness (QED) is 0.652. The summed E-state index contributed by atoms with van der Waals surface area (Å²) >= 11 is 0. The molecule has 2 heteroatoms. The summed E-state index contributed by atoms with van der Waals surface area (Å²) in [6.45, 7) is 6.69. The Balaban J connectivity index is 2.44. The number of hydrogen-bond donors (Lipinski definition) is 0. The third kappa shape index (κ3) is 4.07. The molecule has 0 N–H and O–H groups in total. The Labute approximate surface area is 82.5 Å². The van der Waals surface area contributed by atoms with E-state index in [1.807, 2.05) is 27.7 Å². The minimum Gasteiger partial charge on any atom is -0.0830 e. The van der Waals surface area contributed by atoms with E-state index in [1.54, 1.807) is 0 Å². The van der Waals surface area contributed by atoms with Crippen LogP contribution in [0.15, 0.2) is 35.2 Å². The average Bonchev–Trinajstić information content (AvgIpc) is 2.02. The molecule has 0 aliphatic heterocycles. The standard InChI is InChI=1S/C10H14S2/c1-10(2,3)12-11-9-7-5-4-6-8-9/h4-8H,1-3H3. The van der Waals surface area contributed by atoms with Crippen molar-refractivity contribution in [3.8, 4) is 0 Å². The van der Waals surface area contributed by atoms with Gasteiger partial charge in [-0.25, -0.2) is 0 Å². The van der Waals surface area contributed by atoms with Gasteiger partial charge in [0, 0.05) is 9.64 Å². The van der Waals surface area contributed by atoms with Gasteiger partial charge in [0.05, 0.1) is 0 Å². The van der Waals surface area contributed by atoms with Crippen molar-refractivity contribution in [2.24, 2.45) is 0 Å². The molecule has 0 radical (unpaired) electrons. The first-order chi connectivity index (χ1) is 5.58. The number of benzene rings is 1. The Morgan fingerprint density at radius 3 is 2.08 bits per heavy atom. The van der Waals surface area contributed by atoms with E-state index in [4.69, 9.17) is 0 Å². The van der Waals surface area contributed by atoms with Gasteiger partial charge in [0.1, 0.15) is 0 Å². The molecular weight excluding hydrogens is 184 g/mol. The van der Waals surface area contributed by atoms with Crippen molar-refractivity contribution in [3.63, 3.8) is 0 Å². The first kappa shape index (κ1) is 10.0. The predicted octanol–water partition coefficient (Wildman–Crippen LogP) is 4.23. The maximum Gasteiger partial charge on any atom is 0.0182 e. The zero-order valence-electron chi connectivity index (χ0n) is 7.70. The summed E-state index contributed by atoms with van der Waals surface area (Å²) in [6, 6.07) is 10.5. The van der Waals surface area contributed by atoms with Crippen LogP contribution in [0.5, 0.6) is 0 Å². The normalized spacial score (nSPS) is 11.6. The van der Waals surface area contributed by atoms with Gasteiger partial charge >= 0.3 is 0 Å². The first-order valence-electron chi connectivity index (χ1n) is 3.99. The highest BCUT2D eigenvalue weighted by atomic mass is 33.1. The smallest absolute Gasteiger partial charge is 0.0182 e. The lowest BCUT2D eigenvalue weighted by atomic mass is 10.3. The molecule has 0 aliphatic carbocycles. The van der Waals surface area contributed by atoms with Crippen LogP contribution in [0.25, 0.3) is 0 Å². The topological polar surface area (TPSA) is 0 Å². The molecule has 0 heterocycles. The Kier molecular flexibility index (Phi) is 3.53. The number of hydrogen-bond acceptors (Lipinski definition) is 2. The van der Waals surface area contributed by atoms with Crippen molar-refractivity contribution < 1.29 is 0 Å². The van der Waals surface area contributed by atoms with E-state index in [-0.39, 0.29) is 0 Å². The Bertz CT molecular complexity index is 223. The maximum absolute atomic E-state index is 2.23. The molecule has 12 heavy (non-hydrogen) atoms. The lowest BCUT2D eigenvalue weighted by molar-refractivity contribution is 0.810. The SMILES string of the molecule is CC(C)(C)SSc1ccccc1. The summed E-state index contributed by atoms with van der Waals surface area (Å²) in [4.78, 5) is 1.33. The molecule has 0 amide bonds. The van der Waals surface area contributed by atoms with Crippen molar-refractivity contribution in [2.75, 3.05) is 0 Å². The highest BCUT2D eigenvalue weighted by Crippen LogP contribution is 2.39. The minimum atomic E-state index is 0.334. The van der Waals surface area contributed by atoms with E-state index >= 15 is 0 Å². The highest BCUT2D eigenvalue weighted by Gasteiger charge is 2.10. The van der Waals surface area contributed by atoms with Crippen molar-refractivity contribution in [1.82, 2.24) is 0 Å². The summed E-state index contributed by atoms with van der Waals surface area (Å²) in [6.07, 6.45) is 0. The van der Waals surface area contributed by atoms with Crippen LogP contribution in [-0.2, 0) is 0 Å². The Morgan fingerprint density at radius 1 is 1.00 bits per heavy atom. The lowest BCUT2D eigenvalue weighted by Crippen LogP contribution is -2.04. The summed E-state index contributed by atoms with van der Waals surface area (Å²) in [7, 11) is 3.75. The van der Waals surface area contributed by atoms with Gasteiger partial charge in [-0.3, -0.25) is 0 Å². The summed E-state index contributed by atoms with van der Waals surface area (Å²) < 4.78 is 0.334. The number of rotatable bonds is 2. The van der Waals surface area contributed by atoms with Crippen molar-refractivity contribution in [1.29, 1.82) is 0 Å². The molecule has 0 bridgehead atoms. The fourth-order valence-corrected chi connectivity index (χ4v) is 2.64. The van der Waals surface area contributed by atoms with Crippen LogP contribution in [0.1, 0.15) is 20.8 Å². The second kappa shape index (κ2) is 4.24. The molecule has 0 saturated heterocycles. The molecule has 1 aromatic carbocycles. The second-order valence-corrected chi connectivity index (χ2v) is 6.62. The van der Waals surface area contributed by atoms with Gasteiger partial charge < -0.3 is 0 Å². The van der Waals surface area contributed by atoms with Crippen molar-refractivity contribution in [3.05, 3.63) is 30.3 Å². The second-order valence-electron chi connectivity index (χ2n) is 3.59. The van der Waals surface area contributed by atoms with Crippen molar-refractivity contribution in [2.45, 2.75) is 30.4 Å². The molecule has 0 fully saturated rings. The molecule has 0 nitrogen and oxygen atoms in total. The van der Waals surface area contributed by atoms with E-state index in [9.17, 15) is 0 Å². The van der Waals surface area contributed by atoms with Gasteiger partial charge in [-0.2, -0.15) is 0 Å². The zero-order chi connectivity index (χ0) is 9.03. The average molecular weight is 198 g/mol. The van der Waals surface area contributed by atoms with Crippen LogP contribution in [0.3, 0.4) is 0 Å². The van der Waals surface area contributed by atoms with E-state index in [0.717, 1.165) is 0 Å². The molecule has 0 spiro atoms. The Morgan fingerprint density at radius 2 is 1.58 bits per heavy atom. The molecule has 66 valence electrons. The van der Waals surface area contributed by atoms with E-state index in [0.29, 0.717) is 4.75 Å². The molecule has 0 aliphatic rings. The van der Waals surface area contributed by atoms with E-state index in [1.165, 1.54) is 4.90 Å². The van der Waals surface area contributed by atoms with Gasteiger partial charge in [-0.15, -0.1) is 0 Å². The van der Waals surface area contributed by atoms with Crippen LogP contribution in [0, 0.1) is 0 Å². The highest BCUT2D eigenvalue weighted by molar-refractivity contribution is 8.77. The minimum absolute atomic E-state index is 0.334. The fraction of sp³-hybridized carbons (Fsp3) is 0.400. The summed E-state index contributed by atoms with van der Waals surface area (Å²) in [5, 5.41) is 0. The van der Waals surface area contributed by atoms with Gasteiger partial charge in [-0.05, 0) is 12.1 Å². The molecule has 1 aromatic rings. The van der Waals surface area contributed by atoms with E-state index < -0.39 is 0 Å². The third-order valence-corrected chi connectivity index (χ3v) is 4.51. The van der Waals surface area contributed by atoms with E-state index in [2.05, 4.69) is 45.0 Å². The Hall–Kier alpha value is -0.0800. The van der Waals surface area contributed by atoms with Crippen LogP contribution < -0.4 is 0 Å². The largest absolute Gasteiger partial charge is 0.0830 e. The van der Waals surface area contributed by atoms with Crippen molar-refractivity contribution >= 4 is 21.6 Å². The van der Waals surface area contributed by atoms with Gasteiger partial charge in [0.25, 0.3) is 0 Å². The summed E-state index contributed by atoms with van der Waals surface area (Å²) in [5.74, 6) is 0. The molecule has 1 rings (SSSR count). The molecule has 0 atom stereocenters. The molecular formula is C10H14S2. The first-order valence-corrected chi connectivity index (χ1v) is 6.14. The summed E-state index contributed by atoms with van der Waals surface area (Å²) in [5.41, 5.74) is 0. The predicted molar refractivity (Wildman–Crippen MR) is 59.6 cm³/mol. The van der Waals surface area contributed by atoms with Gasteiger partial charge in [-0.1, -0.05) is 60.6 Å². The van der Waals surface area contributed by atoms with Gasteiger partial charge in [0.2, 0.25) is 0 Å². The van der Waals surface area contributed by atoms with Crippen LogP contribution in [0.2, 0.25) is 0 Å². The van der Waals surface area contributed by atoms with Crippen LogP contribution >= 0.6 is 21.6 Å². The van der Waals surface area contributed by atoms with Crippen LogP contribution in [0.4, 0.5) is 0 Å².